The van der Waals surface area contributed by atoms with Crippen LogP contribution in [0.1, 0.15) is 32.6 Å². The molecule has 0 saturated heterocycles. The normalized spacial score (nSPS) is 20.7. The molecule has 0 aromatic rings. The molecule has 1 aliphatic carbocycles. The van der Waals surface area contributed by atoms with E-state index in [1.165, 1.54) is 0 Å². The lowest BCUT2D eigenvalue weighted by atomic mass is 9.79. The van der Waals surface area contributed by atoms with Gasteiger partial charge in [0.1, 0.15) is 6.61 Å². The number of aliphatic hydroxyl groups is 1. The molecule has 1 fully saturated rings. The van der Waals surface area contributed by atoms with E-state index < -0.39 is 29.7 Å². The molecule has 7 nitrogen and oxygen atoms in total. The number of esters is 1. The number of ether oxygens (including phenoxy) is 1. The summed E-state index contributed by atoms with van der Waals surface area (Å²) < 4.78 is 4.46. The van der Waals surface area contributed by atoms with Crippen molar-refractivity contribution in [3.63, 3.8) is 0 Å². The Hall–Kier alpha value is -1.89. The van der Waals surface area contributed by atoms with E-state index in [2.05, 4.69) is 11.3 Å². The Morgan fingerprint density at radius 2 is 1.52 bits per heavy atom. The highest BCUT2D eigenvalue weighted by atomic mass is 16.5. The van der Waals surface area contributed by atoms with E-state index in [0.717, 1.165) is 12.8 Å². The summed E-state index contributed by atoms with van der Waals surface area (Å²) in [5.74, 6) is -3.74. The molecule has 1 rings (SSSR count). The fourth-order valence-corrected chi connectivity index (χ4v) is 1.98. The van der Waals surface area contributed by atoms with Gasteiger partial charge in [0.25, 0.3) is 0 Å². The van der Waals surface area contributed by atoms with E-state index in [0.29, 0.717) is 18.4 Å². The molecule has 7 heteroatoms. The summed E-state index contributed by atoms with van der Waals surface area (Å²) in [5, 5.41) is 25.6. The number of aliphatic hydroxyl groups excluding tert-OH is 1. The molecule has 2 unspecified atom stereocenters. The average Bonchev–Trinajstić information content (AvgIpc) is 2.45. The number of hydrogen-bond donors (Lipinski definition) is 3. The number of carboxylic acids is 2. The molecule has 0 amide bonds. The Morgan fingerprint density at radius 3 is 1.81 bits per heavy atom. The lowest BCUT2D eigenvalue weighted by Crippen LogP contribution is -2.32. The highest BCUT2D eigenvalue weighted by molar-refractivity contribution is 5.86. The van der Waals surface area contributed by atoms with Gasteiger partial charge in [0.2, 0.25) is 0 Å². The Labute approximate surface area is 123 Å². The van der Waals surface area contributed by atoms with Crippen molar-refractivity contribution < 1.29 is 34.4 Å². The molecule has 0 heterocycles. The van der Waals surface area contributed by atoms with Crippen LogP contribution < -0.4 is 0 Å². The van der Waals surface area contributed by atoms with Gasteiger partial charge in [-0.25, -0.2) is 4.79 Å². The van der Waals surface area contributed by atoms with E-state index in [1.807, 2.05) is 0 Å². The summed E-state index contributed by atoms with van der Waals surface area (Å²) >= 11 is 0. The Kier molecular flexibility index (Phi) is 9.03. The minimum Gasteiger partial charge on any atom is -0.481 e. The molecule has 0 bridgehead atoms. The average molecular weight is 302 g/mol. The zero-order valence-corrected chi connectivity index (χ0v) is 12.1. The largest absolute Gasteiger partial charge is 0.481 e. The Balaban J connectivity index is 0.000000400. The molecule has 21 heavy (non-hydrogen) atoms. The second kappa shape index (κ2) is 9.93. The van der Waals surface area contributed by atoms with Crippen LogP contribution in [0.5, 0.6) is 0 Å². The third-order valence-corrected chi connectivity index (χ3v) is 3.07. The van der Waals surface area contributed by atoms with Crippen LogP contribution in [-0.2, 0) is 19.1 Å². The first-order valence-electron chi connectivity index (χ1n) is 6.70. The maximum atomic E-state index is 10.6. The molecule has 0 aromatic heterocycles. The van der Waals surface area contributed by atoms with Crippen molar-refractivity contribution in [3.8, 4) is 0 Å². The zero-order valence-electron chi connectivity index (χ0n) is 12.1. The van der Waals surface area contributed by atoms with Gasteiger partial charge in [-0.1, -0.05) is 19.4 Å². The van der Waals surface area contributed by atoms with Crippen molar-refractivity contribution in [3.05, 3.63) is 12.2 Å². The van der Waals surface area contributed by atoms with E-state index in [4.69, 9.17) is 15.3 Å². The third kappa shape index (κ3) is 7.45. The topological polar surface area (TPSA) is 121 Å². The van der Waals surface area contributed by atoms with Crippen LogP contribution in [-0.4, -0.2) is 46.4 Å². The number of hydrogen-bond acceptors (Lipinski definition) is 5. The van der Waals surface area contributed by atoms with Gasteiger partial charge in [0.15, 0.2) is 0 Å². The standard InChI is InChI=1S/C8H12O4.C6H10O3/c9-7(10)5-3-1-2-4-6(5)8(11)12;1-5(2)6(8)9-4-3-7/h5-6H,1-4H2,(H,9,10)(H,11,12);7H,1,3-4H2,2H3. The molecule has 3 N–H and O–H groups in total. The van der Waals surface area contributed by atoms with E-state index in [9.17, 15) is 14.4 Å². The molecule has 1 saturated carbocycles. The molecule has 2 atom stereocenters. The van der Waals surface area contributed by atoms with Crippen molar-refractivity contribution in [1.29, 1.82) is 0 Å². The van der Waals surface area contributed by atoms with E-state index in [1.54, 1.807) is 6.92 Å². The van der Waals surface area contributed by atoms with Gasteiger partial charge >= 0.3 is 17.9 Å². The minimum absolute atomic E-state index is 0.0473. The maximum Gasteiger partial charge on any atom is 0.333 e. The summed E-state index contributed by atoms with van der Waals surface area (Å²) in [4.78, 5) is 31.7. The molecule has 0 spiro atoms. The minimum atomic E-state index is -0.970. The van der Waals surface area contributed by atoms with Gasteiger partial charge < -0.3 is 20.1 Å². The molecule has 0 aliphatic heterocycles. The zero-order chi connectivity index (χ0) is 16.4. The lowest BCUT2D eigenvalue weighted by Gasteiger charge is -2.24. The van der Waals surface area contributed by atoms with Crippen molar-refractivity contribution >= 4 is 17.9 Å². The van der Waals surface area contributed by atoms with Crippen LogP contribution >= 0.6 is 0 Å². The predicted octanol–water partition coefficient (Wildman–Crippen LogP) is 1.06. The molecular formula is C14H22O7. The Bertz CT molecular complexity index is 367. The molecule has 1 aliphatic rings. The van der Waals surface area contributed by atoms with Gasteiger partial charge in [0, 0.05) is 5.57 Å². The third-order valence-electron chi connectivity index (χ3n) is 3.07. The van der Waals surface area contributed by atoms with E-state index in [-0.39, 0.29) is 13.2 Å². The van der Waals surface area contributed by atoms with Crippen LogP contribution in [0, 0.1) is 11.8 Å². The summed E-state index contributed by atoms with van der Waals surface area (Å²) in [6.45, 7) is 4.81. The fourth-order valence-electron chi connectivity index (χ4n) is 1.98. The van der Waals surface area contributed by atoms with Gasteiger partial charge in [-0.2, -0.15) is 0 Å². The second-order valence-electron chi connectivity index (χ2n) is 4.81. The molecule has 0 aromatic carbocycles. The van der Waals surface area contributed by atoms with E-state index >= 15 is 0 Å². The highest BCUT2D eigenvalue weighted by Crippen LogP contribution is 2.30. The van der Waals surface area contributed by atoms with Crippen molar-refractivity contribution in [2.75, 3.05) is 13.2 Å². The predicted molar refractivity (Wildman–Crippen MR) is 73.6 cm³/mol. The van der Waals surface area contributed by atoms with Gasteiger partial charge in [0.05, 0.1) is 18.4 Å². The second-order valence-corrected chi connectivity index (χ2v) is 4.81. The van der Waals surface area contributed by atoms with Crippen LogP contribution in [0.3, 0.4) is 0 Å². The fraction of sp³-hybridized carbons (Fsp3) is 0.643. The Morgan fingerprint density at radius 1 is 1.10 bits per heavy atom. The number of carboxylic acid groups (broad SMARTS) is 2. The number of rotatable bonds is 5. The summed E-state index contributed by atoms with van der Waals surface area (Å²) in [6.07, 6.45) is 2.68. The monoisotopic (exact) mass is 302 g/mol. The first kappa shape index (κ1) is 19.1. The molecular weight excluding hydrogens is 280 g/mol. The lowest BCUT2D eigenvalue weighted by molar-refractivity contribution is -0.155. The number of aliphatic carboxylic acids is 2. The SMILES string of the molecule is C=C(C)C(=O)OCCO.O=C(O)C1CCCCC1C(=O)O. The number of carbonyl (C=O) groups is 3. The molecule has 0 radical (unpaired) electrons. The van der Waals surface area contributed by atoms with Crippen molar-refractivity contribution in [1.82, 2.24) is 0 Å². The summed E-state index contributed by atoms with van der Waals surface area (Å²) in [6, 6.07) is 0. The van der Waals surface area contributed by atoms with Crippen LogP contribution in [0.15, 0.2) is 12.2 Å². The quantitative estimate of drug-likeness (QED) is 0.512. The summed E-state index contributed by atoms with van der Waals surface area (Å²) in [5.41, 5.74) is 0.350. The first-order chi connectivity index (χ1) is 9.81. The van der Waals surface area contributed by atoms with Crippen LogP contribution in [0.4, 0.5) is 0 Å². The highest BCUT2D eigenvalue weighted by Gasteiger charge is 2.35. The van der Waals surface area contributed by atoms with Gasteiger partial charge in [-0.15, -0.1) is 0 Å². The van der Waals surface area contributed by atoms with Crippen molar-refractivity contribution in [2.45, 2.75) is 32.6 Å². The molecule has 120 valence electrons. The number of carbonyl (C=O) groups excluding carboxylic acids is 1. The van der Waals surface area contributed by atoms with Gasteiger partial charge in [-0.3, -0.25) is 9.59 Å². The van der Waals surface area contributed by atoms with Gasteiger partial charge in [-0.05, 0) is 19.8 Å². The van der Waals surface area contributed by atoms with Crippen LogP contribution in [0.2, 0.25) is 0 Å². The van der Waals surface area contributed by atoms with Crippen molar-refractivity contribution in [2.24, 2.45) is 11.8 Å². The maximum absolute atomic E-state index is 10.6. The van der Waals surface area contributed by atoms with Crippen LogP contribution in [0.25, 0.3) is 0 Å². The first-order valence-corrected chi connectivity index (χ1v) is 6.70. The summed E-state index contributed by atoms with van der Waals surface area (Å²) in [7, 11) is 0. The smallest absolute Gasteiger partial charge is 0.333 e.